The van der Waals surface area contributed by atoms with Crippen LogP contribution in [0, 0.1) is 11.8 Å². The highest BCUT2D eigenvalue weighted by atomic mass is 16.5. The zero-order valence-electron chi connectivity index (χ0n) is 11.8. The van der Waals surface area contributed by atoms with E-state index in [4.69, 9.17) is 10.5 Å². The number of carbonyl (C=O) groups excluding carboxylic acids is 1. The monoisotopic (exact) mass is 262 g/mol. The number of benzene rings is 1. The van der Waals surface area contributed by atoms with Gasteiger partial charge >= 0.3 is 5.97 Å². The van der Waals surface area contributed by atoms with Crippen LogP contribution in [0.25, 0.3) is 0 Å². The minimum Gasteiger partial charge on any atom is -0.462 e. The molecule has 0 aliphatic heterocycles. The van der Waals surface area contributed by atoms with Crippen LogP contribution in [0.5, 0.6) is 0 Å². The van der Waals surface area contributed by atoms with E-state index < -0.39 is 0 Å². The molecule has 2 atom stereocenters. The Labute approximate surface area is 114 Å². The molecule has 4 heteroatoms. The molecule has 1 fully saturated rings. The largest absolute Gasteiger partial charge is 0.462 e. The molecule has 1 aliphatic carbocycles. The van der Waals surface area contributed by atoms with Crippen molar-refractivity contribution < 1.29 is 9.53 Å². The lowest BCUT2D eigenvalue weighted by Gasteiger charge is -2.22. The first kappa shape index (κ1) is 13.7. The Balaban J connectivity index is 2.16. The van der Waals surface area contributed by atoms with E-state index >= 15 is 0 Å². The molecule has 0 saturated heterocycles. The number of carbonyl (C=O) groups is 1. The molecule has 19 heavy (non-hydrogen) atoms. The molecule has 0 radical (unpaired) electrons. The van der Waals surface area contributed by atoms with Gasteiger partial charge in [0.1, 0.15) is 0 Å². The summed E-state index contributed by atoms with van der Waals surface area (Å²) in [6, 6.07) is 5.51. The van der Waals surface area contributed by atoms with Crippen LogP contribution in [0.4, 0.5) is 11.4 Å². The van der Waals surface area contributed by atoms with Crippen LogP contribution < -0.4 is 10.6 Å². The van der Waals surface area contributed by atoms with Crippen LogP contribution in [-0.4, -0.2) is 26.2 Å². The molecule has 2 N–H and O–H groups in total. The Morgan fingerprint density at radius 1 is 1.53 bits per heavy atom. The van der Waals surface area contributed by atoms with Gasteiger partial charge in [-0.15, -0.1) is 0 Å². The average molecular weight is 262 g/mol. The second-order valence-electron chi connectivity index (χ2n) is 5.31. The van der Waals surface area contributed by atoms with Crippen molar-refractivity contribution in [1.29, 1.82) is 0 Å². The summed E-state index contributed by atoms with van der Waals surface area (Å²) in [6.07, 6.45) is 1.28. The third-order valence-electron chi connectivity index (χ3n) is 3.77. The Morgan fingerprint density at radius 2 is 2.21 bits per heavy atom. The lowest BCUT2D eigenvalue weighted by molar-refractivity contribution is 0.0527. The number of nitrogens with zero attached hydrogens (tertiary/aromatic N) is 1. The van der Waals surface area contributed by atoms with Crippen LogP contribution in [0.3, 0.4) is 0 Å². The third-order valence-corrected chi connectivity index (χ3v) is 3.77. The summed E-state index contributed by atoms with van der Waals surface area (Å²) in [5.41, 5.74) is 7.98. The van der Waals surface area contributed by atoms with Gasteiger partial charge in [-0.25, -0.2) is 4.79 Å². The summed E-state index contributed by atoms with van der Waals surface area (Å²) in [5.74, 6) is 1.20. The van der Waals surface area contributed by atoms with E-state index in [2.05, 4.69) is 11.8 Å². The van der Waals surface area contributed by atoms with Gasteiger partial charge in [0.05, 0.1) is 23.5 Å². The van der Waals surface area contributed by atoms with E-state index in [1.165, 1.54) is 6.42 Å². The topological polar surface area (TPSA) is 55.6 Å². The van der Waals surface area contributed by atoms with Crippen molar-refractivity contribution in [1.82, 2.24) is 0 Å². The molecular formula is C15H22N2O2. The number of hydrogen-bond acceptors (Lipinski definition) is 4. The van der Waals surface area contributed by atoms with E-state index in [9.17, 15) is 4.79 Å². The number of hydrogen-bond donors (Lipinski definition) is 1. The maximum atomic E-state index is 11.8. The smallest absolute Gasteiger partial charge is 0.340 e. The lowest BCUT2D eigenvalue weighted by atomic mass is 10.1. The van der Waals surface area contributed by atoms with E-state index in [1.807, 2.05) is 19.2 Å². The van der Waals surface area contributed by atoms with E-state index in [1.54, 1.807) is 13.0 Å². The Kier molecular flexibility index (Phi) is 3.98. The van der Waals surface area contributed by atoms with Crippen molar-refractivity contribution in [2.75, 3.05) is 30.8 Å². The fraction of sp³-hybridized carbons (Fsp3) is 0.533. The minimum absolute atomic E-state index is 0.352. The van der Waals surface area contributed by atoms with Gasteiger partial charge in [-0.3, -0.25) is 0 Å². The quantitative estimate of drug-likeness (QED) is 0.654. The molecule has 4 nitrogen and oxygen atoms in total. The van der Waals surface area contributed by atoms with Crippen LogP contribution >= 0.6 is 0 Å². The maximum absolute atomic E-state index is 11.8. The van der Waals surface area contributed by atoms with Gasteiger partial charge in [0.2, 0.25) is 0 Å². The van der Waals surface area contributed by atoms with Crippen molar-refractivity contribution in [3.8, 4) is 0 Å². The zero-order valence-corrected chi connectivity index (χ0v) is 11.8. The standard InChI is InChI=1S/C15H22N2O2/c1-4-19-15(18)12-6-5-7-13(14(12)16)17(3)9-11-8-10(11)2/h5-7,10-11H,4,8-9,16H2,1-3H3. The average Bonchev–Trinajstić information content (AvgIpc) is 3.05. The van der Waals surface area contributed by atoms with Gasteiger partial charge < -0.3 is 15.4 Å². The van der Waals surface area contributed by atoms with Crippen molar-refractivity contribution >= 4 is 17.3 Å². The van der Waals surface area contributed by atoms with Gasteiger partial charge in [-0.1, -0.05) is 13.0 Å². The second-order valence-corrected chi connectivity index (χ2v) is 5.31. The molecule has 0 bridgehead atoms. The summed E-state index contributed by atoms with van der Waals surface area (Å²) in [6.45, 7) is 5.39. The Morgan fingerprint density at radius 3 is 2.79 bits per heavy atom. The molecule has 1 aromatic rings. The summed E-state index contributed by atoms with van der Waals surface area (Å²) in [5, 5.41) is 0. The molecule has 104 valence electrons. The van der Waals surface area contributed by atoms with Gasteiger partial charge in [0.15, 0.2) is 0 Å². The van der Waals surface area contributed by atoms with Gasteiger partial charge in [0, 0.05) is 13.6 Å². The molecule has 2 unspecified atom stereocenters. The van der Waals surface area contributed by atoms with Gasteiger partial charge in [-0.2, -0.15) is 0 Å². The predicted molar refractivity (Wildman–Crippen MR) is 77.4 cm³/mol. The second kappa shape index (κ2) is 5.51. The third kappa shape index (κ3) is 3.00. The molecule has 1 aliphatic rings. The molecule has 0 aromatic heterocycles. The number of rotatable bonds is 5. The summed E-state index contributed by atoms with van der Waals surface area (Å²) in [7, 11) is 2.02. The number of anilines is 2. The Bertz CT molecular complexity index is 473. The molecule has 1 saturated carbocycles. The van der Waals surface area contributed by atoms with Crippen molar-refractivity contribution in [2.45, 2.75) is 20.3 Å². The van der Waals surface area contributed by atoms with Crippen LogP contribution in [0.2, 0.25) is 0 Å². The number of para-hydroxylation sites is 1. The van der Waals surface area contributed by atoms with E-state index in [0.29, 0.717) is 17.9 Å². The number of nitrogen functional groups attached to an aromatic ring is 1. The van der Waals surface area contributed by atoms with Gasteiger partial charge in [-0.05, 0) is 37.3 Å². The molecule has 0 heterocycles. The fourth-order valence-electron chi connectivity index (χ4n) is 2.38. The summed E-state index contributed by atoms with van der Waals surface area (Å²) < 4.78 is 5.02. The number of esters is 1. The first-order valence-electron chi connectivity index (χ1n) is 6.81. The summed E-state index contributed by atoms with van der Waals surface area (Å²) in [4.78, 5) is 13.9. The Hall–Kier alpha value is -1.71. The van der Waals surface area contributed by atoms with Crippen molar-refractivity contribution in [3.05, 3.63) is 23.8 Å². The minimum atomic E-state index is -0.352. The molecule has 1 aromatic carbocycles. The first-order valence-corrected chi connectivity index (χ1v) is 6.81. The SMILES string of the molecule is CCOC(=O)c1cccc(N(C)CC2CC2C)c1N. The van der Waals surface area contributed by atoms with Gasteiger partial charge in [0.25, 0.3) is 0 Å². The van der Waals surface area contributed by atoms with Crippen molar-refractivity contribution in [2.24, 2.45) is 11.8 Å². The highest BCUT2D eigenvalue weighted by Crippen LogP contribution is 2.39. The normalized spacial score (nSPS) is 21.0. The zero-order chi connectivity index (χ0) is 14.0. The van der Waals surface area contributed by atoms with Crippen molar-refractivity contribution in [3.63, 3.8) is 0 Å². The predicted octanol–water partition coefficient (Wildman–Crippen LogP) is 2.54. The summed E-state index contributed by atoms with van der Waals surface area (Å²) >= 11 is 0. The van der Waals surface area contributed by atoms with E-state index in [-0.39, 0.29) is 5.97 Å². The highest BCUT2D eigenvalue weighted by molar-refractivity contribution is 5.98. The first-order chi connectivity index (χ1) is 9.04. The van der Waals surface area contributed by atoms with Crippen LogP contribution in [0.1, 0.15) is 30.6 Å². The van der Waals surface area contributed by atoms with Crippen LogP contribution in [-0.2, 0) is 4.74 Å². The van der Waals surface area contributed by atoms with E-state index in [0.717, 1.165) is 24.1 Å². The fourth-order valence-corrected chi connectivity index (χ4v) is 2.38. The molecule has 0 spiro atoms. The lowest BCUT2D eigenvalue weighted by Crippen LogP contribution is -2.22. The highest BCUT2D eigenvalue weighted by Gasteiger charge is 2.33. The molecular weight excluding hydrogens is 240 g/mol. The number of ether oxygens (including phenoxy) is 1. The molecule has 0 amide bonds. The maximum Gasteiger partial charge on any atom is 0.340 e. The molecule has 2 rings (SSSR count). The van der Waals surface area contributed by atoms with Crippen LogP contribution in [0.15, 0.2) is 18.2 Å². The number of nitrogens with two attached hydrogens (primary N) is 1.